The molecule has 0 aliphatic rings. The van der Waals surface area contributed by atoms with Crippen molar-refractivity contribution in [3.63, 3.8) is 0 Å². The molecule has 0 atom stereocenters. The van der Waals surface area contributed by atoms with Gasteiger partial charge in [-0.3, -0.25) is 10.1 Å². The highest BCUT2D eigenvalue weighted by atomic mass is 32.1. The number of hydrogen-bond acceptors (Lipinski definition) is 7. The molecule has 0 unspecified atom stereocenters. The minimum Gasteiger partial charge on any atom is -0.258 e. The topological polar surface area (TPSA) is 116 Å². The van der Waals surface area contributed by atoms with E-state index < -0.39 is 10.8 Å². The molecule has 0 amide bonds. The van der Waals surface area contributed by atoms with Gasteiger partial charge in [-0.15, -0.1) is 0 Å². The van der Waals surface area contributed by atoms with Crippen molar-refractivity contribution < 1.29 is 4.92 Å². The summed E-state index contributed by atoms with van der Waals surface area (Å²) in [6.07, 6.45) is 1.20. The third kappa shape index (κ3) is 2.70. The van der Waals surface area contributed by atoms with Crippen LogP contribution in [0.15, 0.2) is 23.2 Å². The van der Waals surface area contributed by atoms with E-state index in [1.54, 1.807) is 12.1 Å². The van der Waals surface area contributed by atoms with Gasteiger partial charge < -0.3 is 0 Å². The molecule has 0 fully saturated rings. The fourth-order valence-corrected chi connectivity index (χ4v) is 2.16. The number of nitriles is 2. The lowest BCUT2D eigenvalue weighted by Crippen LogP contribution is -1.92. The van der Waals surface area contributed by atoms with Crippen LogP contribution in [0.2, 0.25) is 0 Å². The van der Waals surface area contributed by atoms with E-state index in [2.05, 4.69) is 9.98 Å². The summed E-state index contributed by atoms with van der Waals surface area (Å²) in [6, 6.07) is 7.83. The zero-order chi connectivity index (χ0) is 13.8. The first kappa shape index (κ1) is 12.6. The first-order valence-corrected chi connectivity index (χ1v) is 5.84. The number of aliphatic imine (C=N–C) groups is 1. The molecule has 0 N–H and O–H groups in total. The number of rotatable bonds is 3. The van der Waals surface area contributed by atoms with Crippen LogP contribution < -0.4 is 0 Å². The lowest BCUT2D eigenvalue weighted by Gasteiger charge is -1.88. The standard InChI is InChI=1S/C11H5N5O2S/c12-4-7(5-13)6-14-11-15-9-2-1-8(16(17)18)3-10(9)19-11/h1-3,6-7H. The van der Waals surface area contributed by atoms with Gasteiger partial charge in [0.05, 0.1) is 27.3 Å². The van der Waals surface area contributed by atoms with Crippen LogP contribution in [0.1, 0.15) is 0 Å². The lowest BCUT2D eigenvalue weighted by molar-refractivity contribution is -0.384. The van der Waals surface area contributed by atoms with Gasteiger partial charge >= 0.3 is 0 Å². The van der Waals surface area contributed by atoms with Crippen molar-refractivity contribution in [2.75, 3.05) is 0 Å². The maximum absolute atomic E-state index is 10.6. The first-order chi connectivity index (χ1) is 9.13. The number of nitro groups is 1. The van der Waals surface area contributed by atoms with Gasteiger partial charge in [-0.1, -0.05) is 11.3 Å². The summed E-state index contributed by atoms with van der Waals surface area (Å²) in [4.78, 5) is 18.2. The van der Waals surface area contributed by atoms with Gasteiger partial charge in [-0.2, -0.15) is 10.5 Å². The molecule has 0 saturated carbocycles. The number of non-ortho nitro benzene ring substituents is 1. The monoisotopic (exact) mass is 271 g/mol. The Kier molecular flexibility index (Phi) is 3.46. The molecule has 19 heavy (non-hydrogen) atoms. The van der Waals surface area contributed by atoms with Gasteiger partial charge in [0.15, 0.2) is 5.92 Å². The molecule has 2 rings (SSSR count). The van der Waals surface area contributed by atoms with E-state index in [1.807, 2.05) is 0 Å². The van der Waals surface area contributed by atoms with Gasteiger partial charge in [0, 0.05) is 18.3 Å². The Balaban J connectivity index is 2.35. The second kappa shape index (κ2) is 5.21. The SMILES string of the molecule is N#CC(C#N)C=Nc1nc2ccc([N+](=O)[O-])cc2s1. The second-order valence-electron chi connectivity index (χ2n) is 3.42. The van der Waals surface area contributed by atoms with Crippen molar-refractivity contribution in [1.29, 1.82) is 10.5 Å². The summed E-state index contributed by atoms with van der Waals surface area (Å²) in [5.41, 5.74) is 0.576. The Morgan fingerprint density at radius 3 is 2.84 bits per heavy atom. The maximum Gasteiger partial charge on any atom is 0.270 e. The smallest absolute Gasteiger partial charge is 0.258 e. The molecule has 7 nitrogen and oxygen atoms in total. The third-order valence-corrected chi connectivity index (χ3v) is 3.11. The number of thiazole rings is 1. The number of aromatic nitrogens is 1. The van der Waals surface area contributed by atoms with Crippen LogP contribution in [0.4, 0.5) is 10.8 Å². The first-order valence-electron chi connectivity index (χ1n) is 5.02. The van der Waals surface area contributed by atoms with Crippen molar-refractivity contribution in [3.8, 4) is 12.1 Å². The Hall–Kier alpha value is -2.84. The van der Waals surface area contributed by atoms with Crippen LogP contribution in [0, 0.1) is 38.7 Å². The summed E-state index contributed by atoms with van der Waals surface area (Å²) < 4.78 is 0.631. The summed E-state index contributed by atoms with van der Waals surface area (Å²) in [7, 11) is 0. The van der Waals surface area contributed by atoms with Gasteiger partial charge in [0.1, 0.15) is 0 Å². The van der Waals surface area contributed by atoms with Crippen molar-refractivity contribution >= 4 is 38.6 Å². The second-order valence-corrected chi connectivity index (χ2v) is 4.43. The molecule has 0 aliphatic carbocycles. The number of fused-ring (bicyclic) bond motifs is 1. The van der Waals surface area contributed by atoms with Crippen LogP contribution in [0.25, 0.3) is 10.2 Å². The molecule has 1 aromatic heterocycles. The predicted octanol–water partition coefficient (Wildman–Crippen LogP) is 2.57. The Labute approximate surface area is 111 Å². The molecule has 92 valence electrons. The number of benzene rings is 1. The molecule has 0 spiro atoms. The maximum atomic E-state index is 10.6. The number of nitrogens with zero attached hydrogens (tertiary/aromatic N) is 5. The van der Waals surface area contributed by atoms with E-state index in [0.29, 0.717) is 15.3 Å². The van der Waals surface area contributed by atoms with Gasteiger partial charge in [-0.25, -0.2) is 9.98 Å². The highest BCUT2D eigenvalue weighted by Gasteiger charge is 2.10. The predicted molar refractivity (Wildman–Crippen MR) is 69.1 cm³/mol. The van der Waals surface area contributed by atoms with E-state index >= 15 is 0 Å². The van der Waals surface area contributed by atoms with Crippen LogP contribution in [-0.2, 0) is 0 Å². The molecule has 8 heteroatoms. The van der Waals surface area contributed by atoms with E-state index in [1.165, 1.54) is 24.4 Å². The zero-order valence-electron chi connectivity index (χ0n) is 9.35. The molecule has 0 saturated heterocycles. The normalized spacial score (nSPS) is 10.7. The largest absolute Gasteiger partial charge is 0.270 e. The number of nitro benzene ring substituents is 1. The van der Waals surface area contributed by atoms with E-state index in [-0.39, 0.29) is 5.69 Å². The molecular formula is C11H5N5O2S. The van der Waals surface area contributed by atoms with Crippen molar-refractivity contribution in [2.24, 2.45) is 10.9 Å². The Morgan fingerprint density at radius 1 is 1.47 bits per heavy atom. The average Bonchev–Trinajstić information content (AvgIpc) is 2.81. The number of hydrogen-bond donors (Lipinski definition) is 0. The highest BCUT2D eigenvalue weighted by Crippen LogP contribution is 2.30. The molecular weight excluding hydrogens is 266 g/mol. The van der Waals surface area contributed by atoms with Gasteiger partial charge in [0.25, 0.3) is 5.69 Å². The molecule has 0 bridgehead atoms. The summed E-state index contributed by atoms with van der Waals surface area (Å²) >= 11 is 1.16. The van der Waals surface area contributed by atoms with E-state index in [0.717, 1.165) is 11.3 Å². The van der Waals surface area contributed by atoms with E-state index in [9.17, 15) is 10.1 Å². The average molecular weight is 271 g/mol. The fourth-order valence-electron chi connectivity index (χ4n) is 1.30. The Bertz CT molecular complexity index is 739. The third-order valence-electron chi connectivity index (χ3n) is 2.18. The molecule has 1 aromatic carbocycles. The molecule has 0 radical (unpaired) electrons. The highest BCUT2D eigenvalue weighted by molar-refractivity contribution is 7.22. The van der Waals surface area contributed by atoms with Crippen LogP contribution in [0.3, 0.4) is 0 Å². The van der Waals surface area contributed by atoms with Crippen molar-refractivity contribution in [3.05, 3.63) is 28.3 Å². The van der Waals surface area contributed by atoms with Crippen LogP contribution in [-0.4, -0.2) is 16.1 Å². The van der Waals surface area contributed by atoms with Gasteiger partial charge in [-0.05, 0) is 6.07 Å². The lowest BCUT2D eigenvalue weighted by atomic mass is 10.2. The molecule has 1 heterocycles. The van der Waals surface area contributed by atoms with E-state index in [4.69, 9.17) is 10.5 Å². The summed E-state index contributed by atoms with van der Waals surface area (Å²) in [5.74, 6) is -0.929. The van der Waals surface area contributed by atoms with Crippen LogP contribution in [0.5, 0.6) is 0 Å². The Morgan fingerprint density at radius 2 is 2.21 bits per heavy atom. The molecule has 2 aromatic rings. The fraction of sp³-hybridized carbons (Fsp3) is 0.0909. The zero-order valence-corrected chi connectivity index (χ0v) is 10.2. The van der Waals surface area contributed by atoms with Crippen molar-refractivity contribution in [2.45, 2.75) is 0 Å². The minimum atomic E-state index is -0.929. The summed E-state index contributed by atoms with van der Waals surface area (Å²) in [6.45, 7) is 0. The summed E-state index contributed by atoms with van der Waals surface area (Å²) in [5, 5.41) is 28.2. The van der Waals surface area contributed by atoms with Gasteiger partial charge in [0.2, 0.25) is 5.13 Å². The minimum absolute atomic E-state index is 0.0152. The quantitative estimate of drug-likeness (QED) is 0.483. The van der Waals surface area contributed by atoms with Crippen LogP contribution >= 0.6 is 11.3 Å². The molecule has 0 aliphatic heterocycles. The van der Waals surface area contributed by atoms with Crippen molar-refractivity contribution in [1.82, 2.24) is 4.98 Å².